The molecule has 0 N–H and O–H groups in total. The van der Waals surface area contributed by atoms with E-state index in [1.165, 1.54) is 44.9 Å². The first-order chi connectivity index (χ1) is 7.35. The van der Waals surface area contributed by atoms with Crippen LogP contribution in [0.25, 0.3) is 0 Å². The van der Waals surface area contributed by atoms with Gasteiger partial charge in [-0.2, -0.15) is 0 Å². The molecule has 0 spiro atoms. The SMILES string of the molecule is CCC=C(C=O)CCCCCCCCC. The van der Waals surface area contributed by atoms with Crippen LogP contribution in [0, 0.1) is 0 Å². The van der Waals surface area contributed by atoms with Gasteiger partial charge >= 0.3 is 0 Å². The Bertz CT molecular complexity index is 170. The van der Waals surface area contributed by atoms with Crippen LogP contribution in [0.4, 0.5) is 0 Å². The molecule has 0 unspecified atom stereocenters. The highest BCUT2D eigenvalue weighted by atomic mass is 16.1. The van der Waals surface area contributed by atoms with E-state index in [1.807, 2.05) is 6.08 Å². The van der Waals surface area contributed by atoms with Gasteiger partial charge in [0.1, 0.15) is 6.29 Å². The second-order valence-electron chi connectivity index (χ2n) is 4.18. The largest absolute Gasteiger partial charge is 0.298 e. The fourth-order valence-electron chi connectivity index (χ4n) is 1.76. The summed E-state index contributed by atoms with van der Waals surface area (Å²) in [6.45, 7) is 4.32. The molecule has 0 aliphatic rings. The van der Waals surface area contributed by atoms with Crippen molar-refractivity contribution in [1.29, 1.82) is 0 Å². The molecular formula is C14H26O. The van der Waals surface area contributed by atoms with Crippen molar-refractivity contribution in [2.24, 2.45) is 0 Å². The van der Waals surface area contributed by atoms with Crippen LogP contribution in [0.2, 0.25) is 0 Å². The van der Waals surface area contributed by atoms with Crippen molar-refractivity contribution in [2.45, 2.75) is 71.6 Å². The lowest BCUT2D eigenvalue weighted by Gasteiger charge is -2.01. The second kappa shape index (κ2) is 11.5. The van der Waals surface area contributed by atoms with Gasteiger partial charge in [-0.05, 0) is 24.8 Å². The summed E-state index contributed by atoms with van der Waals surface area (Å²) in [6, 6.07) is 0. The van der Waals surface area contributed by atoms with Crippen LogP contribution in [0.15, 0.2) is 11.6 Å². The summed E-state index contributed by atoms with van der Waals surface area (Å²) in [5.41, 5.74) is 0.992. The van der Waals surface area contributed by atoms with E-state index in [0.29, 0.717) is 0 Å². The Balaban J connectivity index is 3.29. The molecule has 0 aromatic rings. The van der Waals surface area contributed by atoms with Crippen molar-refractivity contribution in [3.8, 4) is 0 Å². The highest BCUT2D eigenvalue weighted by Crippen LogP contribution is 2.11. The Hall–Kier alpha value is -0.590. The van der Waals surface area contributed by atoms with E-state index in [1.54, 1.807) is 0 Å². The van der Waals surface area contributed by atoms with Gasteiger partial charge in [0.25, 0.3) is 0 Å². The molecule has 15 heavy (non-hydrogen) atoms. The molecule has 0 aliphatic carbocycles. The smallest absolute Gasteiger partial charge is 0.145 e. The standard InChI is InChI=1S/C14H26O/c1-3-5-6-7-8-9-10-12-14(13-15)11-4-2/h11,13H,3-10,12H2,1-2H3. The Morgan fingerprint density at radius 1 is 0.933 bits per heavy atom. The molecule has 0 aromatic carbocycles. The van der Waals surface area contributed by atoms with Crippen molar-refractivity contribution >= 4 is 6.29 Å². The van der Waals surface area contributed by atoms with E-state index in [0.717, 1.165) is 24.7 Å². The zero-order valence-electron chi connectivity index (χ0n) is 10.4. The molecule has 0 amide bonds. The minimum Gasteiger partial charge on any atom is -0.298 e. The third kappa shape index (κ3) is 9.71. The quantitative estimate of drug-likeness (QED) is 0.291. The predicted octanol–water partition coefficient (Wildman–Crippen LogP) is 4.66. The Morgan fingerprint density at radius 3 is 2.07 bits per heavy atom. The van der Waals surface area contributed by atoms with Crippen LogP contribution in [0.3, 0.4) is 0 Å². The summed E-state index contributed by atoms with van der Waals surface area (Å²) in [7, 11) is 0. The maximum atomic E-state index is 10.6. The summed E-state index contributed by atoms with van der Waals surface area (Å²) >= 11 is 0. The van der Waals surface area contributed by atoms with E-state index in [9.17, 15) is 4.79 Å². The third-order valence-corrected chi connectivity index (χ3v) is 2.69. The highest BCUT2D eigenvalue weighted by molar-refractivity contribution is 5.72. The average molecular weight is 210 g/mol. The van der Waals surface area contributed by atoms with Gasteiger partial charge in [0.05, 0.1) is 0 Å². The molecule has 0 bridgehead atoms. The summed E-state index contributed by atoms with van der Waals surface area (Å²) < 4.78 is 0. The topological polar surface area (TPSA) is 17.1 Å². The van der Waals surface area contributed by atoms with Gasteiger partial charge in [0.15, 0.2) is 0 Å². The van der Waals surface area contributed by atoms with Gasteiger partial charge in [0.2, 0.25) is 0 Å². The second-order valence-corrected chi connectivity index (χ2v) is 4.18. The number of rotatable bonds is 10. The van der Waals surface area contributed by atoms with Crippen LogP contribution >= 0.6 is 0 Å². The maximum Gasteiger partial charge on any atom is 0.145 e. The number of hydrogen-bond acceptors (Lipinski definition) is 1. The van der Waals surface area contributed by atoms with Gasteiger partial charge < -0.3 is 0 Å². The van der Waals surface area contributed by atoms with Gasteiger partial charge in [-0.3, -0.25) is 4.79 Å². The van der Waals surface area contributed by atoms with Gasteiger partial charge in [-0.15, -0.1) is 0 Å². The molecule has 0 atom stereocenters. The molecule has 0 heterocycles. The molecule has 0 rings (SSSR count). The van der Waals surface area contributed by atoms with Crippen LogP contribution in [0.5, 0.6) is 0 Å². The molecule has 0 fully saturated rings. The van der Waals surface area contributed by atoms with Crippen LogP contribution in [-0.2, 0) is 4.79 Å². The minimum absolute atomic E-state index is 0.977. The molecule has 1 nitrogen and oxygen atoms in total. The van der Waals surface area contributed by atoms with Crippen LogP contribution < -0.4 is 0 Å². The molecule has 0 radical (unpaired) electrons. The number of carbonyl (C=O) groups is 1. The van der Waals surface area contributed by atoms with E-state index >= 15 is 0 Å². The number of allylic oxidation sites excluding steroid dienone is 2. The van der Waals surface area contributed by atoms with Crippen molar-refractivity contribution in [3.05, 3.63) is 11.6 Å². The third-order valence-electron chi connectivity index (χ3n) is 2.69. The van der Waals surface area contributed by atoms with Crippen molar-refractivity contribution < 1.29 is 4.79 Å². The van der Waals surface area contributed by atoms with E-state index in [4.69, 9.17) is 0 Å². The first kappa shape index (κ1) is 14.4. The molecule has 0 saturated heterocycles. The molecule has 0 aromatic heterocycles. The molecule has 0 saturated carbocycles. The summed E-state index contributed by atoms with van der Waals surface area (Å²) in [4.78, 5) is 10.6. The van der Waals surface area contributed by atoms with E-state index in [-0.39, 0.29) is 0 Å². The Labute approximate surface area is 95.0 Å². The lowest BCUT2D eigenvalue weighted by Crippen LogP contribution is -1.86. The van der Waals surface area contributed by atoms with Gasteiger partial charge in [-0.1, -0.05) is 58.4 Å². The van der Waals surface area contributed by atoms with E-state index in [2.05, 4.69) is 13.8 Å². The van der Waals surface area contributed by atoms with Crippen LogP contribution in [0.1, 0.15) is 71.6 Å². The molecule has 1 heteroatoms. The molecular weight excluding hydrogens is 184 g/mol. The maximum absolute atomic E-state index is 10.6. The number of carbonyl (C=O) groups excluding carboxylic acids is 1. The van der Waals surface area contributed by atoms with Gasteiger partial charge in [-0.25, -0.2) is 0 Å². The summed E-state index contributed by atoms with van der Waals surface area (Å²) in [6.07, 6.45) is 14.2. The van der Waals surface area contributed by atoms with Crippen molar-refractivity contribution in [2.75, 3.05) is 0 Å². The Kier molecular flexibility index (Phi) is 11.0. The summed E-state index contributed by atoms with van der Waals surface area (Å²) in [5, 5.41) is 0. The Morgan fingerprint density at radius 2 is 1.53 bits per heavy atom. The van der Waals surface area contributed by atoms with Gasteiger partial charge in [0, 0.05) is 0 Å². The molecule has 88 valence electrons. The fraction of sp³-hybridized carbons (Fsp3) is 0.786. The number of hydrogen-bond donors (Lipinski definition) is 0. The lowest BCUT2D eigenvalue weighted by molar-refractivity contribution is -0.105. The van der Waals surface area contributed by atoms with Crippen LogP contribution in [-0.4, -0.2) is 6.29 Å². The fourth-order valence-corrected chi connectivity index (χ4v) is 1.76. The lowest BCUT2D eigenvalue weighted by atomic mass is 10.0. The summed E-state index contributed by atoms with van der Waals surface area (Å²) in [5.74, 6) is 0. The zero-order chi connectivity index (χ0) is 11.4. The monoisotopic (exact) mass is 210 g/mol. The first-order valence-corrected chi connectivity index (χ1v) is 6.49. The zero-order valence-corrected chi connectivity index (χ0v) is 10.4. The van der Waals surface area contributed by atoms with Crippen molar-refractivity contribution in [3.63, 3.8) is 0 Å². The number of unbranched alkanes of at least 4 members (excludes halogenated alkanes) is 6. The normalized spacial score (nSPS) is 11.7. The predicted molar refractivity (Wildman–Crippen MR) is 67.0 cm³/mol. The number of aldehydes is 1. The van der Waals surface area contributed by atoms with E-state index < -0.39 is 0 Å². The molecule has 0 aliphatic heterocycles. The first-order valence-electron chi connectivity index (χ1n) is 6.49. The average Bonchev–Trinajstić information content (AvgIpc) is 2.26. The van der Waals surface area contributed by atoms with Crippen molar-refractivity contribution in [1.82, 2.24) is 0 Å². The minimum atomic E-state index is 0.977. The highest BCUT2D eigenvalue weighted by Gasteiger charge is 1.95.